The van der Waals surface area contributed by atoms with Crippen molar-refractivity contribution in [1.29, 1.82) is 0 Å². The normalized spacial score (nSPS) is 19.2. The Hall–Kier alpha value is -0.570. The number of hydrogen-bond donors (Lipinski definition) is 2. The first-order chi connectivity index (χ1) is 8.90. The van der Waals surface area contributed by atoms with Crippen LogP contribution >= 0.6 is 24.0 Å². The van der Waals surface area contributed by atoms with E-state index in [1.54, 1.807) is 7.05 Å². The molecule has 0 aromatic carbocycles. The van der Waals surface area contributed by atoms with Crippen molar-refractivity contribution in [2.45, 2.75) is 45.3 Å². The largest absolute Gasteiger partial charge is 0.459 e. The number of esters is 1. The monoisotopic (exact) mass is 399 g/mol. The first-order valence-corrected chi connectivity index (χ1v) is 6.68. The Kier molecular flexibility index (Phi) is 9.11. The number of carbonyl (C=O) groups is 1. The molecule has 6 nitrogen and oxygen atoms in total. The Balaban J connectivity index is 0.00000361. The van der Waals surface area contributed by atoms with E-state index >= 15 is 0 Å². The molecule has 1 saturated heterocycles. The zero-order valence-corrected chi connectivity index (χ0v) is 15.0. The number of carbonyl (C=O) groups excluding carboxylic acids is 1. The molecule has 0 aliphatic carbocycles. The molecule has 1 unspecified atom stereocenters. The molecular formula is C13H26IN3O3. The summed E-state index contributed by atoms with van der Waals surface area (Å²) in [7, 11) is 1.67. The standard InChI is InChI=1S/C13H25N3O3.HI/c1-13(2,3)19-11(17)9-16-12(14-4)15-8-10-6-5-7-18-10;/h10H,5-9H2,1-4H3,(H2,14,15,16);1H. The molecule has 1 atom stereocenters. The van der Waals surface area contributed by atoms with Gasteiger partial charge in [-0.25, -0.2) is 0 Å². The summed E-state index contributed by atoms with van der Waals surface area (Å²) >= 11 is 0. The van der Waals surface area contributed by atoms with Gasteiger partial charge in [-0.15, -0.1) is 24.0 Å². The van der Waals surface area contributed by atoms with E-state index in [9.17, 15) is 4.79 Å². The predicted molar refractivity (Wildman–Crippen MR) is 89.6 cm³/mol. The maximum atomic E-state index is 11.5. The number of aliphatic imine (C=N–C) groups is 1. The lowest BCUT2D eigenvalue weighted by Crippen LogP contribution is -2.44. The van der Waals surface area contributed by atoms with Gasteiger partial charge in [0.1, 0.15) is 12.1 Å². The number of ether oxygens (including phenoxy) is 2. The predicted octanol–water partition coefficient (Wildman–Crippen LogP) is 1.29. The van der Waals surface area contributed by atoms with E-state index in [1.165, 1.54) is 0 Å². The topological polar surface area (TPSA) is 72.0 Å². The highest BCUT2D eigenvalue weighted by Crippen LogP contribution is 2.10. The van der Waals surface area contributed by atoms with Gasteiger partial charge in [-0.3, -0.25) is 9.79 Å². The fraction of sp³-hybridized carbons (Fsp3) is 0.846. The van der Waals surface area contributed by atoms with E-state index in [0.29, 0.717) is 12.5 Å². The van der Waals surface area contributed by atoms with Gasteiger partial charge in [-0.2, -0.15) is 0 Å². The van der Waals surface area contributed by atoms with E-state index in [4.69, 9.17) is 9.47 Å². The minimum absolute atomic E-state index is 0. The van der Waals surface area contributed by atoms with Gasteiger partial charge in [0.25, 0.3) is 0 Å². The lowest BCUT2D eigenvalue weighted by atomic mass is 10.2. The van der Waals surface area contributed by atoms with Crippen molar-refractivity contribution in [3.8, 4) is 0 Å². The maximum Gasteiger partial charge on any atom is 0.325 e. The van der Waals surface area contributed by atoms with Crippen LogP contribution in [0.1, 0.15) is 33.6 Å². The molecule has 1 aliphatic heterocycles. The van der Waals surface area contributed by atoms with Gasteiger partial charge >= 0.3 is 5.97 Å². The Labute approximate surface area is 138 Å². The van der Waals surface area contributed by atoms with Gasteiger partial charge in [0, 0.05) is 20.2 Å². The number of guanidine groups is 1. The zero-order chi connectivity index (χ0) is 14.3. The van der Waals surface area contributed by atoms with Crippen LogP contribution in [0.25, 0.3) is 0 Å². The van der Waals surface area contributed by atoms with Gasteiger partial charge in [0.05, 0.1) is 6.10 Å². The van der Waals surface area contributed by atoms with Crippen LogP contribution in [0.2, 0.25) is 0 Å². The molecular weight excluding hydrogens is 373 g/mol. The summed E-state index contributed by atoms with van der Waals surface area (Å²) in [5.74, 6) is 0.286. The van der Waals surface area contributed by atoms with Crippen molar-refractivity contribution in [2.24, 2.45) is 4.99 Å². The van der Waals surface area contributed by atoms with Gasteiger partial charge in [-0.05, 0) is 33.6 Å². The van der Waals surface area contributed by atoms with Gasteiger partial charge in [0.2, 0.25) is 0 Å². The fourth-order valence-corrected chi connectivity index (χ4v) is 1.77. The van der Waals surface area contributed by atoms with Crippen LogP contribution in [0.3, 0.4) is 0 Å². The van der Waals surface area contributed by atoms with Crippen molar-refractivity contribution >= 4 is 35.9 Å². The average molecular weight is 399 g/mol. The van der Waals surface area contributed by atoms with Crippen LogP contribution in [-0.4, -0.2) is 50.4 Å². The summed E-state index contributed by atoms with van der Waals surface area (Å²) in [5.41, 5.74) is -0.465. The van der Waals surface area contributed by atoms with Crippen LogP contribution in [0.15, 0.2) is 4.99 Å². The Morgan fingerprint density at radius 2 is 2.10 bits per heavy atom. The maximum absolute atomic E-state index is 11.5. The van der Waals surface area contributed by atoms with Crippen LogP contribution in [0.5, 0.6) is 0 Å². The van der Waals surface area contributed by atoms with E-state index in [0.717, 1.165) is 19.4 Å². The molecule has 1 fully saturated rings. The quantitative estimate of drug-likeness (QED) is 0.323. The third kappa shape index (κ3) is 8.57. The highest BCUT2D eigenvalue weighted by Gasteiger charge is 2.17. The summed E-state index contributed by atoms with van der Waals surface area (Å²) in [4.78, 5) is 15.6. The Bertz CT molecular complexity index is 323. The molecule has 0 radical (unpaired) electrons. The SMILES string of the molecule is CN=C(NCC(=O)OC(C)(C)C)NCC1CCCO1.I. The van der Waals surface area contributed by atoms with Crippen molar-refractivity contribution < 1.29 is 14.3 Å². The van der Waals surface area contributed by atoms with Gasteiger partial charge in [0.15, 0.2) is 5.96 Å². The molecule has 7 heteroatoms. The van der Waals surface area contributed by atoms with Crippen LogP contribution in [0.4, 0.5) is 0 Å². The number of hydrogen-bond acceptors (Lipinski definition) is 4. The second-order valence-corrected chi connectivity index (χ2v) is 5.53. The summed E-state index contributed by atoms with van der Waals surface area (Å²) in [6.45, 7) is 7.16. The Morgan fingerprint density at radius 1 is 1.40 bits per heavy atom. The number of nitrogens with one attached hydrogen (secondary N) is 2. The summed E-state index contributed by atoms with van der Waals surface area (Å²) in [6, 6.07) is 0. The molecule has 0 aromatic heterocycles. The molecule has 2 N–H and O–H groups in total. The smallest absolute Gasteiger partial charge is 0.325 e. The van der Waals surface area contributed by atoms with Crippen molar-refractivity contribution in [3.63, 3.8) is 0 Å². The highest BCUT2D eigenvalue weighted by molar-refractivity contribution is 14.0. The third-order valence-electron chi connectivity index (χ3n) is 2.56. The summed E-state index contributed by atoms with van der Waals surface area (Å²) in [6.07, 6.45) is 2.41. The molecule has 0 spiro atoms. The van der Waals surface area contributed by atoms with Crippen molar-refractivity contribution in [3.05, 3.63) is 0 Å². The van der Waals surface area contributed by atoms with Gasteiger partial charge < -0.3 is 20.1 Å². The summed E-state index contributed by atoms with van der Waals surface area (Å²) < 4.78 is 10.7. The molecule has 0 saturated carbocycles. The minimum Gasteiger partial charge on any atom is -0.459 e. The molecule has 0 aromatic rings. The lowest BCUT2D eigenvalue weighted by molar-refractivity contribution is -0.153. The minimum atomic E-state index is -0.465. The molecule has 1 rings (SSSR count). The van der Waals surface area contributed by atoms with Crippen LogP contribution in [-0.2, 0) is 14.3 Å². The molecule has 118 valence electrons. The molecule has 1 heterocycles. The highest BCUT2D eigenvalue weighted by atomic mass is 127. The number of rotatable bonds is 4. The number of nitrogens with zero attached hydrogens (tertiary/aromatic N) is 1. The third-order valence-corrected chi connectivity index (χ3v) is 2.56. The van der Waals surface area contributed by atoms with E-state index in [1.807, 2.05) is 20.8 Å². The first-order valence-electron chi connectivity index (χ1n) is 6.68. The first kappa shape index (κ1) is 19.4. The molecule has 20 heavy (non-hydrogen) atoms. The van der Waals surface area contributed by atoms with Crippen molar-refractivity contribution in [1.82, 2.24) is 10.6 Å². The second-order valence-electron chi connectivity index (χ2n) is 5.53. The summed E-state index contributed by atoms with van der Waals surface area (Å²) in [5, 5.41) is 6.06. The van der Waals surface area contributed by atoms with Gasteiger partial charge in [-0.1, -0.05) is 0 Å². The zero-order valence-electron chi connectivity index (χ0n) is 12.7. The number of halogens is 1. The lowest BCUT2D eigenvalue weighted by Gasteiger charge is -2.20. The fourth-order valence-electron chi connectivity index (χ4n) is 1.77. The Morgan fingerprint density at radius 3 is 2.60 bits per heavy atom. The molecule has 0 bridgehead atoms. The van der Waals surface area contributed by atoms with E-state index in [-0.39, 0.29) is 42.6 Å². The van der Waals surface area contributed by atoms with E-state index < -0.39 is 5.60 Å². The van der Waals surface area contributed by atoms with Crippen LogP contribution < -0.4 is 10.6 Å². The molecule has 0 amide bonds. The van der Waals surface area contributed by atoms with Crippen molar-refractivity contribution in [2.75, 3.05) is 26.7 Å². The average Bonchev–Trinajstić information content (AvgIpc) is 2.80. The van der Waals surface area contributed by atoms with Crippen LogP contribution in [0, 0.1) is 0 Å². The second kappa shape index (κ2) is 9.38. The van der Waals surface area contributed by atoms with E-state index in [2.05, 4.69) is 15.6 Å². The molecule has 1 aliphatic rings.